The molecule has 0 aliphatic carbocycles. The molecule has 0 spiro atoms. The molecule has 1 aromatic carbocycles. The zero-order valence-corrected chi connectivity index (χ0v) is 13.3. The van der Waals surface area contributed by atoms with E-state index in [1.165, 1.54) is 0 Å². The van der Waals surface area contributed by atoms with Crippen LogP contribution in [0.25, 0.3) is 10.9 Å². The normalized spacial score (nSPS) is 12.9. The zero-order chi connectivity index (χ0) is 15.1. The second-order valence-electron chi connectivity index (χ2n) is 7.64. The van der Waals surface area contributed by atoms with Crippen molar-refractivity contribution in [3.63, 3.8) is 0 Å². The van der Waals surface area contributed by atoms with Crippen LogP contribution in [0.2, 0.25) is 0 Å². The molecule has 2 rings (SSSR count). The predicted octanol–water partition coefficient (Wildman–Crippen LogP) is 3.74. The van der Waals surface area contributed by atoms with Gasteiger partial charge in [-0.1, -0.05) is 32.9 Å². The van der Waals surface area contributed by atoms with E-state index in [4.69, 9.17) is 0 Å². The van der Waals surface area contributed by atoms with Crippen molar-refractivity contribution in [3.8, 4) is 0 Å². The first-order valence-corrected chi connectivity index (χ1v) is 7.09. The number of fused-ring (bicyclic) bond motifs is 1. The number of benzene rings is 1. The van der Waals surface area contributed by atoms with Gasteiger partial charge in [0.15, 0.2) is 0 Å². The monoisotopic (exact) mass is 272 g/mol. The van der Waals surface area contributed by atoms with Crippen molar-refractivity contribution in [3.05, 3.63) is 40.4 Å². The van der Waals surface area contributed by atoms with Gasteiger partial charge in [0.2, 0.25) is 0 Å². The Morgan fingerprint density at radius 3 is 2.30 bits per heavy atom. The Kier molecular flexibility index (Phi) is 3.49. The summed E-state index contributed by atoms with van der Waals surface area (Å²) in [6.45, 7) is 12.6. The Balaban J connectivity index is 2.75. The SMILES string of the molecule is CC(C)(C)Cc1cccc2ncn(C(C)(C)C)c(=O)c12. The second kappa shape index (κ2) is 4.72. The molecule has 0 unspecified atom stereocenters. The number of rotatable bonds is 1. The molecule has 0 N–H and O–H groups in total. The van der Waals surface area contributed by atoms with E-state index < -0.39 is 0 Å². The van der Waals surface area contributed by atoms with Gasteiger partial charge >= 0.3 is 0 Å². The third kappa shape index (κ3) is 2.92. The zero-order valence-electron chi connectivity index (χ0n) is 13.3. The highest BCUT2D eigenvalue weighted by atomic mass is 16.1. The van der Waals surface area contributed by atoms with Gasteiger partial charge < -0.3 is 0 Å². The maximum Gasteiger partial charge on any atom is 0.261 e. The first kappa shape index (κ1) is 14.8. The highest BCUT2D eigenvalue weighted by Gasteiger charge is 2.20. The summed E-state index contributed by atoms with van der Waals surface area (Å²) in [5.41, 5.74) is 1.82. The quantitative estimate of drug-likeness (QED) is 0.792. The molecule has 0 saturated heterocycles. The van der Waals surface area contributed by atoms with Crippen molar-refractivity contribution in [2.45, 2.75) is 53.5 Å². The van der Waals surface area contributed by atoms with Crippen LogP contribution < -0.4 is 5.56 Å². The average molecular weight is 272 g/mol. The van der Waals surface area contributed by atoms with E-state index >= 15 is 0 Å². The highest BCUT2D eigenvalue weighted by molar-refractivity contribution is 5.81. The van der Waals surface area contributed by atoms with E-state index in [1.54, 1.807) is 10.9 Å². The maximum atomic E-state index is 12.8. The molecule has 1 heterocycles. The van der Waals surface area contributed by atoms with Gasteiger partial charge in [-0.2, -0.15) is 0 Å². The minimum atomic E-state index is -0.257. The van der Waals surface area contributed by atoms with Crippen molar-refractivity contribution in [2.75, 3.05) is 0 Å². The van der Waals surface area contributed by atoms with Crippen LogP contribution in [0.15, 0.2) is 29.3 Å². The third-order valence-electron chi connectivity index (χ3n) is 3.32. The van der Waals surface area contributed by atoms with Crippen molar-refractivity contribution in [1.82, 2.24) is 9.55 Å². The fourth-order valence-corrected chi connectivity index (χ4v) is 2.43. The molecule has 20 heavy (non-hydrogen) atoms. The topological polar surface area (TPSA) is 34.9 Å². The molecule has 3 nitrogen and oxygen atoms in total. The molecule has 0 aliphatic rings. The van der Waals surface area contributed by atoms with E-state index in [-0.39, 0.29) is 16.5 Å². The molecule has 3 heteroatoms. The van der Waals surface area contributed by atoms with Crippen LogP contribution in [0.5, 0.6) is 0 Å². The van der Waals surface area contributed by atoms with Gasteiger partial charge in [-0.25, -0.2) is 4.98 Å². The number of hydrogen-bond donors (Lipinski definition) is 0. The molecule has 0 radical (unpaired) electrons. The van der Waals surface area contributed by atoms with Crippen LogP contribution in [-0.2, 0) is 12.0 Å². The van der Waals surface area contributed by atoms with Crippen LogP contribution in [0.1, 0.15) is 47.1 Å². The van der Waals surface area contributed by atoms with E-state index in [0.29, 0.717) is 0 Å². The van der Waals surface area contributed by atoms with Gasteiger partial charge in [-0.3, -0.25) is 9.36 Å². The lowest BCUT2D eigenvalue weighted by Crippen LogP contribution is -2.34. The summed E-state index contributed by atoms with van der Waals surface area (Å²) in [6, 6.07) is 5.94. The molecule has 2 aromatic rings. The Labute approximate surface area is 120 Å². The standard InChI is InChI=1S/C17H24N2O/c1-16(2,3)10-12-8-7-9-13-14(12)15(20)19(11-18-13)17(4,5)6/h7-9,11H,10H2,1-6H3. The van der Waals surface area contributed by atoms with Crippen molar-refractivity contribution < 1.29 is 0 Å². The van der Waals surface area contributed by atoms with Gasteiger partial charge in [0.1, 0.15) is 0 Å². The third-order valence-corrected chi connectivity index (χ3v) is 3.32. The van der Waals surface area contributed by atoms with Crippen LogP contribution in [0.3, 0.4) is 0 Å². The van der Waals surface area contributed by atoms with Crippen LogP contribution in [0, 0.1) is 5.41 Å². The number of aromatic nitrogens is 2. The Morgan fingerprint density at radius 1 is 1.10 bits per heavy atom. The molecule has 0 fully saturated rings. The molecule has 0 amide bonds. The second-order valence-corrected chi connectivity index (χ2v) is 7.64. The smallest absolute Gasteiger partial charge is 0.261 e. The molecule has 108 valence electrons. The molecular formula is C17H24N2O. The van der Waals surface area contributed by atoms with E-state index in [1.807, 2.05) is 39.0 Å². The summed E-state index contributed by atoms with van der Waals surface area (Å²) >= 11 is 0. The number of nitrogens with zero attached hydrogens (tertiary/aromatic N) is 2. The molecule has 0 aliphatic heterocycles. The van der Waals surface area contributed by atoms with Gasteiger partial charge in [0, 0.05) is 5.54 Å². The summed E-state index contributed by atoms with van der Waals surface area (Å²) in [4.78, 5) is 17.3. The Morgan fingerprint density at radius 2 is 1.75 bits per heavy atom. The van der Waals surface area contributed by atoms with Crippen molar-refractivity contribution >= 4 is 10.9 Å². The molecule has 0 atom stereocenters. The van der Waals surface area contributed by atoms with Gasteiger partial charge in [-0.05, 0) is 44.2 Å². The van der Waals surface area contributed by atoms with E-state index in [2.05, 4.69) is 25.8 Å². The van der Waals surface area contributed by atoms with E-state index in [9.17, 15) is 4.79 Å². The maximum absolute atomic E-state index is 12.8. The van der Waals surface area contributed by atoms with Crippen molar-refractivity contribution in [2.24, 2.45) is 5.41 Å². The minimum absolute atomic E-state index is 0.0577. The lowest BCUT2D eigenvalue weighted by molar-refractivity contribution is 0.381. The Hall–Kier alpha value is -1.64. The largest absolute Gasteiger partial charge is 0.293 e. The molecule has 0 saturated carbocycles. The van der Waals surface area contributed by atoms with Gasteiger partial charge in [-0.15, -0.1) is 0 Å². The molecule has 0 bridgehead atoms. The summed E-state index contributed by atoms with van der Waals surface area (Å²) in [5, 5.41) is 0.764. The summed E-state index contributed by atoms with van der Waals surface area (Å²) in [6.07, 6.45) is 2.53. The van der Waals surface area contributed by atoms with Crippen LogP contribution in [0.4, 0.5) is 0 Å². The molecule has 1 aromatic heterocycles. The predicted molar refractivity (Wildman–Crippen MR) is 84.2 cm³/mol. The fourth-order valence-electron chi connectivity index (χ4n) is 2.43. The lowest BCUT2D eigenvalue weighted by Gasteiger charge is -2.23. The lowest BCUT2D eigenvalue weighted by atomic mass is 9.87. The van der Waals surface area contributed by atoms with Gasteiger partial charge in [0.25, 0.3) is 5.56 Å². The summed E-state index contributed by atoms with van der Waals surface area (Å²) in [5.74, 6) is 0. The summed E-state index contributed by atoms with van der Waals surface area (Å²) in [7, 11) is 0. The first-order valence-electron chi connectivity index (χ1n) is 7.09. The minimum Gasteiger partial charge on any atom is -0.293 e. The first-order chi connectivity index (χ1) is 9.09. The molecular weight excluding hydrogens is 248 g/mol. The van der Waals surface area contributed by atoms with E-state index in [0.717, 1.165) is 22.9 Å². The summed E-state index contributed by atoms with van der Waals surface area (Å²) < 4.78 is 1.72. The van der Waals surface area contributed by atoms with Gasteiger partial charge in [0.05, 0.1) is 17.2 Å². The Bertz CT molecular complexity index is 685. The van der Waals surface area contributed by atoms with Crippen LogP contribution >= 0.6 is 0 Å². The number of hydrogen-bond acceptors (Lipinski definition) is 2. The average Bonchev–Trinajstić information content (AvgIpc) is 2.25. The highest BCUT2D eigenvalue weighted by Crippen LogP contribution is 2.24. The van der Waals surface area contributed by atoms with Crippen LogP contribution in [-0.4, -0.2) is 9.55 Å². The van der Waals surface area contributed by atoms with Crippen molar-refractivity contribution in [1.29, 1.82) is 0 Å². The fraction of sp³-hybridized carbons (Fsp3) is 0.529.